The maximum atomic E-state index is 12.7. The SMILES string of the molecule is CC(C)(C)N(Cc1ccccc1)C(=O)CN1CCNCC1. The van der Waals surface area contributed by atoms with Crippen LogP contribution in [-0.4, -0.2) is 54.0 Å². The molecule has 1 saturated heterocycles. The highest BCUT2D eigenvalue weighted by Gasteiger charge is 2.27. The maximum Gasteiger partial charge on any atom is 0.237 e. The van der Waals surface area contributed by atoms with Gasteiger partial charge in [0, 0.05) is 38.3 Å². The molecule has 1 aromatic carbocycles. The summed E-state index contributed by atoms with van der Waals surface area (Å²) in [6.07, 6.45) is 0. The molecule has 21 heavy (non-hydrogen) atoms. The normalized spacial score (nSPS) is 16.7. The van der Waals surface area contributed by atoms with Crippen LogP contribution in [0.3, 0.4) is 0 Å². The fourth-order valence-corrected chi connectivity index (χ4v) is 2.61. The zero-order chi connectivity index (χ0) is 15.3. The molecule has 1 aliphatic heterocycles. The highest BCUT2D eigenvalue weighted by atomic mass is 16.2. The molecule has 0 aliphatic carbocycles. The molecule has 0 unspecified atom stereocenters. The van der Waals surface area contributed by atoms with Crippen LogP contribution in [0, 0.1) is 0 Å². The number of nitrogens with one attached hydrogen (secondary N) is 1. The van der Waals surface area contributed by atoms with Gasteiger partial charge < -0.3 is 10.2 Å². The van der Waals surface area contributed by atoms with E-state index in [0.29, 0.717) is 13.1 Å². The molecule has 0 bridgehead atoms. The third-order valence-electron chi connectivity index (χ3n) is 3.86. The molecule has 1 aromatic rings. The molecular weight excluding hydrogens is 262 g/mol. The van der Waals surface area contributed by atoms with Crippen LogP contribution in [0.25, 0.3) is 0 Å². The van der Waals surface area contributed by atoms with Crippen molar-refractivity contribution in [1.82, 2.24) is 15.1 Å². The van der Waals surface area contributed by atoms with Gasteiger partial charge in [0.1, 0.15) is 0 Å². The number of hydrogen-bond donors (Lipinski definition) is 1. The number of carbonyl (C=O) groups is 1. The number of rotatable bonds is 4. The van der Waals surface area contributed by atoms with Crippen molar-refractivity contribution in [3.8, 4) is 0 Å². The Morgan fingerprint density at radius 3 is 2.38 bits per heavy atom. The van der Waals surface area contributed by atoms with Crippen LogP contribution in [0.5, 0.6) is 0 Å². The summed E-state index contributed by atoms with van der Waals surface area (Å²) >= 11 is 0. The molecular formula is C17H27N3O. The van der Waals surface area contributed by atoms with E-state index in [1.807, 2.05) is 23.1 Å². The second-order valence-corrected chi connectivity index (χ2v) is 6.66. The molecule has 1 aliphatic rings. The molecule has 0 radical (unpaired) electrons. The van der Waals surface area contributed by atoms with E-state index in [9.17, 15) is 4.79 Å². The summed E-state index contributed by atoms with van der Waals surface area (Å²) in [6, 6.07) is 10.2. The van der Waals surface area contributed by atoms with Crippen molar-refractivity contribution in [3.63, 3.8) is 0 Å². The average molecular weight is 289 g/mol. The van der Waals surface area contributed by atoms with Crippen LogP contribution in [0.15, 0.2) is 30.3 Å². The van der Waals surface area contributed by atoms with Crippen LogP contribution in [0.1, 0.15) is 26.3 Å². The molecule has 0 atom stereocenters. The molecule has 1 heterocycles. The lowest BCUT2D eigenvalue weighted by molar-refractivity contribution is -0.138. The van der Waals surface area contributed by atoms with Gasteiger partial charge in [-0.3, -0.25) is 9.69 Å². The van der Waals surface area contributed by atoms with E-state index in [1.165, 1.54) is 5.56 Å². The Balaban J connectivity index is 2.03. The molecule has 2 rings (SSSR count). The van der Waals surface area contributed by atoms with Crippen LogP contribution in [-0.2, 0) is 11.3 Å². The lowest BCUT2D eigenvalue weighted by atomic mass is 10.0. The van der Waals surface area contributed by atoms with Crippen LogP contribution < -0.4 is 5.32 Å². The number of hydrogen-bond acceptors (Lipinski definition) is 3. The molecule has 0 aromatic heterocycles. The fourth-order valence-electron chi connectivity index (χ4n) is 2.61. The van der Waals surface area contributed by atoms with Crippen LogP contribution in [0.4, 0.5) is 0 Å². The minimum atomic E-state index is -0.166. The van der Waals surface area contributed by atoms with Crippen molar-refractivity contribution in [2.45, 2.75) is 32.9 Å². The Hall–Kier alpha value is -1.39. The smallest absolute Gasteiger partial charge is 0.237 e. The second kappa shape index (κ2) is 7.05. The Morgan fingerprint density at radius 2 is 1.81 bits per heavy atom. The van der Waals surface area contributed by atoms with Crippen molar-refractivity contribution < 1.29 is 4.79 Å². The molecule has 1 amide bonds. The topological polar surface area (TPSA) is 35.6 Å². The van der Waals surface area contributed by atoms with E-state index >= 15 is 0 Å². The number of amides is 1. The molecule has 0 saturated carbocycles. The molecule has 0 spiro atoms. The first-order chi connectivity index (χ1) is 9.97. The molecule has 1 fully saturated rings. The summed E-state index contributed by atoms with van der Waals surface area (Å²) in [4.78, 5) is 17.0. The van der Waals surface area contributed by atoms with Gasteiger partial charge in [-0.1, -0.05) is 30.3 Å². The summed E-state index contributed by atoms with van der Waals surface area (Å²) in [5, 5.41) is 3.32. The standard InChI is InChI=1S/C17H27N3O/c1-17(2,3)20(13-15-7-5-4-6-8-15)16(21)14-19-11-9-18-10-12-19/h4-8,18H,9-14H2,1-3H3. The quantitative estimate of drug-likeness (QED) is 0.917. The van der Waals surface area contributed by atoms with Crippen molar-refractivity contribution in [3.05, 3.63) is 35.9 Å². The van der Waals surface area contributed by atoms with Gasteiger partial charge in [0.25, 0.3) is 0 Å². The van der Waals surface area contributed by atoms with E-state index in [1.54, 1.807) is 0 Å². The van der Waals surface area contributed by atoms with E-state index < -0.39 is 0 Å². The van der Waals surface area contributed by atoms with Crippen LogP contribution in [0.2, 0.25) is 0 Å². The van der Waals surface area contributed by atoms with Gasteiger partial charge in [-0.05, 0) is 26.3 Å². The zero-order valence-corrected chi connectivity index (χ0v) is 13.4. The minimum absolute atomic E-state index is 0.166. The van der Waals surface area contributed by atoms with Gasteiger partial charge in [-0.2, -0.15) is 0 Å². The van der Waals surface area contributed by atoms with Crippen LogP contribution >= 0.6 is 0 Å². The fraction of sp³-hybridized carbons (Fsp3) is 0.588. The minimum Gasteiger partial charge on any atom is -0.332 e. The summed E-state index contributed by atoms with van der Waals surface area (Å²) in [6.45, 7) is 11.4. The monoisotopic (exact) mass is 289 g/mol. The Kier molecular flexibility index (Phi) is 5.37. The largest absolute Gasteiger partial charge is 0.332 e. The van der Waals surface area contributed by atoms with E-state index in [0.717, 1.165) is 26.2 Å². The van der Waals surface area contributed by atoms with E-state index in [2.05, 4.69) is 43.1 Å². The molecule has 1 N–H and O–H groups in total. The summed E-state index contributed by atoms with van der Waals surface area (Å²) in [5.41, 5.74) is 1.02. The summed E-state index contributed by atoms with van der Waals surface area (Å²) < 4.78 is 0. The highest BCUT2D eigenvalue weighted by molar-refractivity contribution is 5.79. The predicted octanol–water partition coefficient (Wildman–Crippen LogP) is 1.72. The van der Waals surface area contributed by atoms with Gasteiger partial charge in [0.05, 0.1) is 6.54 Å². The average Bonchev–Trinajstić information content (AvgIpc) is 2.45. The first kappa shape index (κ1) is 16.0. The van der Waals surface area contributed by atoms with E-state index in [-0.39, 0.29) is 11.4 Å². The van der Waals surface area contributed by atoms with Gasteiger partial charge in [0.15, 0.2) is 0 Å². The first-order valence-electron chi connectivity index (χ1n) is 7.74. The third kappa shape index (κ3) is 4.83. The predicted molar refractivity (Wildman–Crippen MR) is 86.1 cm³/mol. The Labute approximate surface area is 128 Å². The zero-order valence-electron chi connectivity index (χ0n) is 13.4. The first-order valence-corrected chi connectivity index (χ1v) is 7.74. The van der Waals surface area contributed by atoms with Crippen molar-refractivity contribution in [2.75, 3.05) is 32.7 Å². The summed E-state index contributed by atoms with van der Waals surface area (Å²) in [7, 11) is 0. The summed E-state index contributed by atoms with van der Waals surface area (Å²) in [5.74, 6) is 0.216. The molecule has 116 valence electrons. The lowest BCUT2D eigenvalue weighted by Crippen LogP contribution is -2.52. The highest BCUT2D eigenvalue weighted by Crippen LogP contribution is 2.18. The Bertz CT molecular complexity index is 447. The lowest BCUT2D eigenvalue weighted by Gasteiger charge is -2.38. The van der Waals surface area contributed by atoms with Gasteiger partial charge in [-0.15, -0.1) is 0 Å². The van der Waals surface area contributed by atoms with Crippen molar-refractivity contribution in [1.29, 1.82) is 0 Å². The molecule has 4 nitrogen and oxygen atoms in total. The third-order valence-corrected chi connectivity index (χ3v) is 3.86. The second-order valence-electron chi connectivity index (χ2n) is 6.66. The number of piperazine rings is 1. The number of nitrogens with zero attached hydrogens (tertiary/aromatic N) is 2. The van der Waals surface area contributed by atoms with Gasteiger partial charge >= 0.3 is 0 Å². The van der Waals surface area contributed by atoms with Crippen molar-refractivity contribution in [2.24, 2.45) is 0 Å². The van der Waals surface area contributed by atoms with Gasteiger partial charge in [-0.25, -0.2) is 0 Å². The van der Waals surface area contributed by atoms with E-state index in [4.69, 9.17) is 0 Å². The Morgan fingerprint density at radius 1 is 1.19 bits per heavy atom. The van der Waals surface area contributed by atoms with Gasteiger partial charge in [0.2, 0.25) is 5.91 Å². The van der Waals surface area contributed by atoms with Crippen molar-refractivity contribution >= 4 is 5.91 Å². The maximum absolute atomic E-state index is 12.7. The number of carbonyl (C=O) groups excluding carboxylic acids is 1. The molecule has 4 heteroatoms. The number of benzene rings is 1.